The molecular formula is C11H19N3S2. The van der Waals surface area contributed by atoms with E-state index < -0.39 is 0 Å². The molecular weight excluding hydrogens is 238 g/mol. The number of nitrogens with one attached hydrogen (secondary N) is 1. The van der Waals surface area contributed by atoms with Gasteiger partial charge in [-0.25, -0.2) is 0 Å². The molecule has 0 aliphatic heterocycles. The van der Waals surface area contributed by atoms with Crippen molar-refractivity contribution in [1.29, 1.82) is 0 Å². The average molecular weight is 257 g/mol. The minimum atomic E-state index is 0.582. The number of nitrogens with two attached hydrogens (primary N) is 1. The number of nitrogens with zero attached hydrogens (tertiary/aromatic N) is 1. The zero-order valence-electron chi connectivity index (χ0n) is 9.82. The van der Waals surface area contributed by atoms with Gasteiger partial charge >= 0.3 is 0 Å². The van der Waals surface area contributed by atoms with Crippen molar-refractivity contribution in [3.63, 3.8) is 0 Å². The van der Waals surface area contributed by atoms with Crippen LogP contribution in [0.1, 0.15) is 32.6 Å². The van der Waals surface area contributed by atoms with Crippen molar-refractivity contribution in [3.05, 3.63) is 0 Å². The fourth-order valence-electron chi connectivity index (χ4n) is 1.85. The lowest BCUT2D eigenvalue weighted by atomic mass is 10.1. The minimum absolute atomic E-state index is 0.582. The lowest BCUT2D eigenvalue weighted by molar-refractivity contribution is 0.587. The van der Waals surface area contributed by atoms with E-state index in [1.165, 1.54) is 37.2 Å². The number of hydrogen-bond donors (Lipinski definition) is 2. The van der Waals surface area contributed by atoms with Crippen molar-refractivity contribution in [2.24, 2.45) is 5.92 Å². The molecule has 0 saturated heterocycles. The second kappa shape index (κ2) is 5.27. The highest BCUT2D eigenvalue weighted by Crippen LogP contribution is 2.38. The van der Waals surface area contributed by atoms with Crippen LogP contribution in [0.5, 0.6) is 0 Å². The van der Waals surface area contributed by atoms with Gasteiger partial charge in [0.15, 0.2) is 5.82 Å². The highest BCUT2D eigenvalue weighted by Gasteiger charge is 2.25. The van der Waals surface area contributed by atoms with Gasteiger partial charge in [0, 0.05) is 6.04 Å². The van der Waals surface area contributed by atoms with Gasteiger partial charge < -0.3 is 11.1 Å². The molecule has 0 radical (unpaired) electrons. The van der Waals surface area contributed by atoms with Crippen molar-refractivity contribution in [3.8, 4) is 0 Å². The van der Waals surface area contributed by atoms with Crippen LogP contribution in [0.3, 0.4) is 0 Å². The fraction of sp³-hybridized carbons (Fsp3) is 0.727. The Hall–Kier alpha value is -0.420. The van der Waals surface area contributed by atoms with Gasteiger partial charge in [-0.05, 0) is 36.5 Å². The second-order valence-electron chi connectivity index (χ2n) is 4.36. The normalized spacial score (nSPS) is 17.4. The van der Waals surface area contributed by atoms with Crippen LogP contribution in [0.25, 0.3) is 0 Å². The maximum atomic E-state index is 5.82. The molecule has 1 aromatic heterocycles. The predicted octanol–water partition coefficient (Wildman–Crippen LogP) is 3.44. The maximum Gasteiger partial charge on any atom is 0.153 e. The summed E-state index contributed by atoms with van der Waals surface area (Å²) in [5.41, 5.74) is 5.82. The Kier molecular flexibility index (Phi) is 3.97. The summed E-state index contributed by atoms with van der Waals surface area (Å²) in [7, 11) is 0. The predicted molar refractivity (Wildman–Crippen MR) is 73.4 cm³/mol. The first-order valence-electron chi connectivity index (χ1n) is 5.80. The Bertz CT molecular complexity index is 347. The van der Waals surface area contributed by atoms with Gasteiger partial charge in [0.05, 0.1) is 4.90 Å². The molecule has 1 heterocycles. The first kappa shape index (κ1) is 12.0. The third-order valence-corrected chi connectivity index (χ3v) is 4.76. The lowest BCUT2D eigenvalue weighted by Gasteiger charge is -2.17. The van der Waals surface area contributed by atoms with Gasteiger partial charge in [-0.1, -0.05) is 19.8 Å². The fourth-order valence-corrected chi connectivity index (χ4v) is 3.46. The monoisotopic (exact) mass is 257 g/mol. The van der Waals surface area contributed by atoms with Gasteiger partial charge in [0.25, 0.3) is 0 Å². The average Bonchev–Trinajstić information content (AvgIpc) is 3.02. The van der Waals surface area contributed by atoms with E-state index in [0.717, 1.165) is 15.8 Å². The Morgan fingerprint density at radius 2 is 2.38 bits per heavy atom. The lowest BCUT2D eigenvalue weighted by Crippen LogP contribution is -2.18. The zero-order chi connectivity index (χ0) is 11.5. The van der Waals surface area contributed by atoms with E-state index in [4.69, 9.17) is 5.73 Å². The molecule has 1 saturated carbocycles. The molecule has 2 rings (SSSR count). The van der Waals surface area contributed by atoms with E-state index in [1.807, 2.05) is 6.26 Å². The van der Waals surface area contributed by atoms with Crippen LogP contribution < -0.4 is 11.1 Å². The van der Waals surface area contributed by atoms with Gasteiger partial charge in [-0.15, -0.1) is 11.8 Å². The van der Waals surface area contributed by atoms with Gasteiger partial charge in [0.1, 0.15) is 5.00 Å². The molecule has 0 spiro atoms. The molecule has 1 fully saturated rings. The van der Waals surface area contributed by atoms with Crippen LogP contribution >= 0.6 is 23.3 Å². The molecule has 3 nitrogen and oxygen atoms in total. The van der Waals surface area contributed by atoms with Crippen LogP contribution in [0, 0.1) is 5.92 Å². The largest absolute Gasteiger partial charge is 0.382 e. The van der Waals surface area contributed by atoms with E-state index in [9.17, 15) is 0 Å². The summed E-state index contributed by atoms with van der Waals surface area (Å²) in [4.78, 5) is 1.11. The van der Waals surface area contributed by atoms with Crippen molar-refractivity contribution in [2.45, 2.75) is 43.5 Å². The van der Waals surface area contributed by atoms with Crippen LogP contribution in [-0.2, 0) is 0 Å². The molecule has 1 aliphatic carbocycles. The first-order chi connectivity index (χ1) is 7.74. The molecule has 1 aromatic rings. The van der Waals surface area contributed by atoms with Gasteiger partial charge in [-0.2, -0.15) is 4.37 Å². The van der Waals surface area contributed by atoms with Gasteiger partial charge in [-0.3, -0.25) is 0 Å². The molecule has 0 bridgehead atoms. The molecule has 1 aliphatic rings. The first-order valence-corrected chi connectivity index (χ1v) is 7.80. The van der Waals surface area contributed by atoms with E-state index in [2.05, 4.69) is 16.6 Å². The van der Waals surface area contributed by atoms with E-state index >= 15 is 0 Å². The summed E-state index contributed by atoms with van der Waals surface area (Å²) in [6.45, 7) is 2.24. The Labute approximate surface area is 105 Å². The number of thioether (sulfide) groups is 1. The number of anilines is 2. The topological polar surface area (TPSA) is 50.9 Å². The number of rotatable bonds is 6. The van der Waals surface area contributed by atoms with Gasteiger partial charge in [0.2, 0.25) is 0 Å². The number of hydrogen-bond acceptors (Lipinski definition) is 5. The standard InChI is InChI=1S/C11H19N3S2/c1-3-8(6-7-4-5-7)13-11-9(15-2)10(12)14-16-11/h7-8,13H,3-6H2,1-2H3,(H2,12,14). The van der Waals surface area contributed by atoms with Crippen molar-refractivity contribution in [2.75, 3.05) is 17.3 Å². The Morgan fingerprint density at radius 3 is 2.94 bits per heavy atom. The molecule has 0 amide bonds. The molecule has 0 aromatic carbocycles. The summed E-state index contributed by atoms with van der Waals surface area (Å²) in [5, 5.41) is 4.75. The summed E-state index contributed by atoms with van der Waals surface area (Å²) in [6, 6.07) is 0.582. The van der Waals surface area contributed by atoms with Crippen molar-refractivity contribution >= 4 is 34.1 Å². The molecule has 1 unspecified atom stereocenters. The minimum Gasteiger partial charge on any atom is -0.382 e. The third-order valence-electron chi connectivity index (χ3n) is 3.02. The van der Waals surface area contributed by atoms with E-state index in [0.29, 0.717) is 11.9 Å². The summed E-state index contributed by atoms with van der Waals surface area (Å²) >= 11 is 3.16. The van der Waals surface area contributed by atoms with Crippen LogP contribution in [0.15, 0.2) is 4.90 Å². The van der Waals surface area contributed by atoms with Crippen LogP contribution in [0.4, 0.5) is 10.8 Å². The third kappa shape index (κ3) is 2.83. The SMILES string of the molecule is CCC(CC1CC1)Nc1snc(N)c1SC. The highest BCUT2D eigenvalue weighted by atomic mass is 32.2. The quantitative estimate of drug-likeness (QED) is 0.767. The summed E-state index contributed by atoms with van der Waals surface area (Å²) in [5.74, 6) is 1.63. The van der Waals surface area contributed by atoms with E-state index in [-0.39, 0.29) is 0 Å². The van der Waals surface area contributed by atoms with Crippen molar-refractivity contribution in [1.82, 2.24) is 4.37 Å². The second-order valence-corrected chi connectivity index (χ2v) is 5.95. The smallest absolute Gasteiger partial charge is 0.153 e. The molecule has 5 heteroatoms. The molecule has 1 atom stereocenters. The molecule has 90 valence electrons. The summed E-state index contributed by atoms with van der Waals surface area (Å²) in [6.07, 6.45) is 7.34. The molecule has 3 N–H and O–H groups in total. The number of nitrogen functional groups attached to an aromatic ring is 1. The zero-order valence-corrected chi connectivity index (χ0v) is 11.5. The number of aromatic nitrogens is 1. The Balaban J connectivity index is 1.99. The highest BCUT2D eigenvalue weighted by molar-refractivity contribution is 7.99. The Morgan fingerprint density at radius 1 is 1.62 bits per heavy atom. The van der Waals surface area contributed by atoms with Crippen LogP contribution in [-0.4, -0.2) is 16.7 Å². The summed E-state index contributed by atoms with van der Waals surface area (Å²) < 4.78 is 4.21. The van der Waals surface area contributed by atoms with Crippen molar-refractivity contribution < 1.29 is 0 Å². The molecule has 16 heavy (non-hydrogen) atoms. The van der Waals surface area contributed by atoms with E-state index in [1.54, 1.807) is 11.8 Å². The maximum absolute atomic E-state index is 5.82. The van der Waals surface area contributed by atoms with Crippen LogP contribution in [0.2, 0.25) is 0 Å².